The summed E-state index contributed by atoms with van der Waals surface area (Å²) in [7, 11) is 1.77. The molecule has 1 heterocycles. The molecule has 1 aliphatic rings. The predicted molar refractivity (Wildman–Crippen MR) is 79.4 cm³/mol. The van der Waals surface area contributed by atoms with Crippen LogP contribution >= 0.6 is 0 Å². The van der Waals surface area contributed by atoms with Crippen molar-refractivity contribution in [3.8, 4) is 0 Å². The van der Waals surface area contributed by atoms with Gasteiger partial charge in [-0.3, -0.25) is 4.90 Å². The van der Waals surface area contributed by atoms with E-state index < -0.39 is 0 Å². The van der Waals surface area contributed by atoms with E-state index in [0.29, 0.717) is 18.7 Å². The summed E-state index contributed by atoms with van der Waals surface area (Å²) in [6.45, 7) is 9.99. The summed E-state index contributed by atoms with van der Waals surface area (Å²) in [4.78, 5) is 2.57. The Kier molecular flexibility index (Phi) is 7.29. The van der Waals surface area contributed by atoms with Crippen LogP contribution < -0.4 is 5.73 Å². The molecule has 0 aromatic heterocycles. The van der Waals surface area contributed by atoms with Crippen molar-refractivity contribution in [2.24, 2.45) is 5.73 Å². The Hall–Kier alpha value is -0.160. The first-order valence-corrected chi connectivity index (χ1v) is 7.70. The van der Waals surface area contributed by atoms with Crippen LogP contribution in [-0.4, -0.2) is 56.0 Å². The van der Waals surface area contributed by atoms with Gasteiger partial charge in [-0.25, -0.2) is 0 Å². The zero-order valence-electron chi connectivity index (χ0n) is 13.2. The van der Waals surface area contributed by atoms with Crippen molar-refractivity contribution in [2.45, 2.75) is 64.1 Å². The van der Waals surface area contributed by atoms with Crippen molar-refractivity contribution in [1.29, 1.82) is 0 Å². The molecule has 19 heavy (non-hydrogen) atoms. The average molecular weight is 272 g/mol. The highest BCUT2D eigenvalue weighted by molar-refractivity contribution is 4.97. The number of rotatable bonds is 8. The monoisotopic (exact) mass is 272 g/mol. The minimum atomic E-state index is 0.0902. The second kappa shape index (κ2) is 8.20. The topological polar surface area (TPSA) is 47.7 Å². The third-order valence-electron chi connectivity index (χ3n) is 4.63. The maximum Gasteiger partial charge on any atom is 0.0590 e. The third kappa shape index (κ3) is 4.15. The first kappa shape index (κ1) is 16.9. The second-order valence-electron chi connectivity index (χ2n) is 5.73. The molecule has 1 rings (SSSR count). The number of ether oxygens (including phenoxy) is 2. The molecule has 0 aromatic rings. The molecular formula is C15H32N2O2. The predicted octanol–water partition coefficient (Wildman–Crippen LogP) is 2.02. The van der Waals surface area contributed by atoms with Gasteiger partial charge in [-0.05, 0) is 32.6 Å². The van der Waals surface area contributed by atoms with Gasteiger partial charge >= 0.3 is 0 Å². The lowest BCUT2D eigenvalue weighted by atomic mass is 9.82. The molecule has 2 N–H and O–H groups in total. The first-order chi connectivity index (χ1) is 9.13. The fraction of sp³-hybridized carbons (Fsp3) is 1.00. The Morgan fingerprint density at radius 1 is 1.47 bits per heavy atom. The van der Waals surface area contributed by atoms with Gasteiger partial charge in [0.05, 0.1) is 12.7 Å². The molecule has 0 aliphatic carbocycles. The molecule has 0 amide bonds. The van der Waals surface area contributed by atoms with Crippen LogP contribution in [-0.2, 0) is 9.47 Å². The molecule has 4 nitrogen and oxygen atoms in total. The first-order valence-electron chi connectivity index (χ1n) is 7.70. The zero-order valence-corrected chi connectivity index (χ0v) is 13.2. The highest BCUT2D eigenvalue weighted by atomic mass is 16.5. The number of methoxy groups -OCH3 is 1. The van der Waals surface area contributed by atoms with E-state index in [2.05, 4.69) is 25.7 Å². The highest BCUT2D eigenvalue weighted by Crippen LogP contribution is 2.33. The van der Waals surface area contributed by atoms with Crippen molar-refractivity contribution in [1.82, 2.24) is 4.90 Å². The van der Waals surface area contributed by atoms with Crippen LogP contribution in [0.5, 0.6) is 0 Å². The molecular weight excluding hydrogens is 240 g/mol. The summed E-state index contributed by atoms with van der Waals surface area (Å²) in [5.74, 6) is 0. The lowest BCUT2D eigenvalue weighted by molar-refractivity contribution is -0.0876. The van der Waals surface area contributed by atoms with E-state index in [9.17, 15) is 0 Å². The van der Waals surface area contributed by atoms with Crippen LogP contribution in [0.4, 0.5) is 0 Å². The summed E-state index contributed by atoms with van der Waals surface area (Å²) >= 11 is 0. The standard InChI is InChI=1S/C15H32N2O2/c1-5-13(3)17(8-10-18-4)15(12-16)7-9-19-14(6-2)11-15/h13-14H,5-12,16H2,1-4H3. The van der Waals surface area contributed by atoms with Gasteiger partial charge in [0, 0.05) is 38.4 Å². The summed E-state index contributed by atoms with van der Waals surface area (Å²) < 4.78 is 11.1. The summed E-state index contributed by atoms with van der Waals surface area (Å²) in [6, 6.07) is 0.536. The van der Waals surface area contributed by atoms with E-state index in [1.165, 1.54) is 0 Å². The van der Waals surface area contributed by atoms with Gasteiger partial charge in [0.1, 0.15) is 0 Å². The summed E-state index contributed by atoms with van der Waals surface area (Å²) in [5, 5.41) is 0. The summed E-state index contributed by atoms with van der Waals surface area (Å²) in [5.41, 5.74) is 6.27. The van der Waals surface area contributed by atoms with Crippen LogP contribution in [0, 0.1) is 0 Å². The van der Waals surface area contributed by atoms with Gasteiger partial charge in [0.2, 0.25) is 0 Å². The van der Waals surface area contributed by atoms with Gasteiger partial charge in [-0.1, -0.05) is 13.8 Å². The largest absolute Gasteiger partial charge is 0.383 e. The molecule has 1 saturated heterocycles. The van der Waals surface area contributed by atoms with E-state index in [-0.39, 0.29) is 5.54 Å². The number of hydrogen-bond donors (Lipinski definition) is 1. The quantitative estimate of drug-likeness (QED) is 0.734. The second-order valence-corrected chi connectivity index (χ2v) is 5.73. The molecule has 3 atom stereocenters. The van der Waals surface area contributed by atoms with E-state index in [1.807, 2.05) is 0 Å². The number of nitrogens with two attached hydrogens (primary N) is 1. The maximum absolute atomic E-state index is 6.18. The van der Waals surface area contributed by atoms with Gasteiger partial charge in [0.15, 0.2) is 0 Å². The Bertz CT molecular complexity index is 250. The molecule has 0 radical (unpaired) electrons. The van der Waals surface area contributed by atoms with E-state index in [1.54, 1.807) is 7.11 Å². The fourth-order valence-corrected chi connectivity index (χ4v) is 3.16. The molecule has 0 spiro atoms. The highest BCUT2D eigenvalue weighted by Gasteiger charge is 2.41. The Morgan fingerprint density at radius 3 is 2.74 bits per heavy atom. The fourth-order valence-electron chi connectivity index (χ4n) is 3.16. The minimum Gasteiger partial charge on any atom is -0.383 e. The van der Waals surface area contributed by atoms with Gasteiger partial charge in [-0.15, -0.1) is 0 Å². The van der Waals surface area contributed by atoms with Crippen molar-refractivity contribution < 1.29 is 9.47 Å². The van der Waals surface area contributed by atoms with E-state index in [4.69, 9.17) is 15.2 Å². The Morgan fingerprint density at radius 2 is 2.21 bits per heavy atom. The zero-order chi connectivity index (χ0) is 14.3. The average Bonchev–Trinajstić information content (AvgIpc) is 2.47. The number of hydrogen-bond acceptors (Lipinski definition) is 4. The van der Waals surface area contributed by atoms with Gasteiger partial charge in [-0.2, -0.15) is 0 Å². The number of nitrogens with zero attached hydrogens (tertiary/aromatic N) is 1. The smallest absolute Gasteiger partial charge is 0.0590 e. The maximum atomic E-state index is 6.18. The molecule has 0 saturated carbocycles. The SMILES string of the molecule is CCC1CC(CN)(N(CCOC)C(C)CC)CCO1. The van der Waals surface area contributed by atoms with Crippen molar-refractivity contribution in [2.75, 3.05) is 33.4 Å². The van der Waals surface area contributed by atoms with Crippen molar-refractivity contribution >= 4 is 0 Å². The third-order valence-corrected chi connectivity index (χ3v) is 4.63. The van der Waals surface area contributed by atoms with Gasteiger partial charge < -0.3 is 15.2 Å². The van der Waals surface area contributed by atoms with Crippen molar-refractivity contribution in [3.05, 3.63) is 0 Å². The Labute approximate surface area is 118 Å². The molecule has 4 heteroatoms. The molecule has 0 bridgehead atoms. The van der Waals surface area contributed by atoms with Gasteiger partial charge in [0.25, 0.3) is 0 Å². The minimum absolute atomic E-state index is 0.0902. The van der Waals surface area contributed by atoms with Crippen LogP contribution in [0.25, 0.3) is 0 Å². The van der Waals surface area contributed by atoms with E-state index in [0.717, 1.165) is 45.4 Å². The van der Waals surface area contributed by atoms with Crippen molar-refractivity contribution in [3.63, 3.8) is 0 Å². The van der Waals surface area contributed by atoms with Crippen LogP contribution in [0.1, 0.15) is 46.5 Å². The molecule has 3 unspecified atom stereocenters. The Balaban J connectivity index is 2.85. The molecule has 1 aliphatic heterocycles. The van der Waals surface area contributed by atoms with E-state index >= 15 is 0 Å². The normalized spacial score (nSPS) is 29.7. The lowest BCUT2D eigenvalue weighted by Crippen LogP contribution is -2.61. The van der Waals surface area contributed by atoms with Crippen LogP contribution in [0.15, 0.2) is 0 Å². The molecule has 0 aromatic carbocycles. The summed E-state index contributed by atoms with van der Waals surface area (Å²) in [6.07, 6.45) is 4.65. The lowest BCUT2D eigenvalue weighted by Gasteiger charge is -2.50. The van der Waals surface area contributed by atoms with Crippen LogP contribution in [0.2, 0.25) is 0 Å². The molecule has 1 fully saturated rings. The molecule has 114 valence electrons. The van der Waals surface area contributed by atoms with Crippen LogP contribution in [0.3, 0.4) is 0 Å².